The van der Waals surface area contributed by atoms with Crippen molar-refractivity contribution in [2.75, 3.05) is 12.0 Å². The summed E-state index contributed by atoms with van der Waals surface area (Å²) in [6.45, 7) is 6.54. The minimum Gasteiger partial charge on any atom is -0.497 e. The van der Waals surface area contributed by atoms with E-state index in [1.165, 1.54) is 5.56 Å². The van der Waals surface area contributed by atoms with Crippen molar-refractivity contribution in [3.63, 3.8) is 0 Å². The standard InChI is InChI=1S/C26H26ClNO2/c1-25(2)17-26(3,19-11-15-21(30-4)16-12-19)22-7-5-6-8-23(22)28(25)24(29)18-9-13-20(27)14-10-18/h5-16H,17H2,1-4H3. The highest BCUT2D eigenvalue weighted by Gasteiger charge is 2.47. The molecule has 0 N–H and O–H groups in total. The van der Waals surface area contributed by atoms with Gasteiger partial charge in [0.25, 0.3) is 5.91 Å². The molecule has 0 radical (unpaired) electrons. The lowest BCUT2D eigenvalue weighted by atomic mass is 9.65. The van der Waals surface area contributed by atoms with Gasteiger partial charge >= 0.3 is 0 Å². The lowest BCUT2D eigenvalue weighted by Crippen LogP contribution is -2.55. The van der Waals surface area contributed by atoms with Crippen LogP contribution >= 0.6 is 11.6 Å². The van der Waals surface area contributed by atoms with Gasteiger partial charge in [-0.1, -0.05) is 48.9 Å². The normalized spacial score (nSPS) is 19.8. The van der Waals surface area contributed by atoms with Crippen LogP contribution < -0.4 is 9.64 Å². The van der Waals surface area contributed by atoms with Crippen LogP contribution in [0.25, 0.3) is 0 Å². The molecule has 0 spiro atoms. The Morgan fingerprint density at radius 3 is 2.20 bits per heavy atom. The average molecular weight is 420 g/mol. The number of nitrogens with zero attached hydrogens (tertiary/aromatic N) is 1. The quantitative estimate of drug-likeness (QED) is 0.486. The maximum absolute atomic E-state index is 13.6. The van der Waals surface area contributed by atoms with Crippen LogP contribution in [0.5, 0.6) is 5.75 Å². The summed E-state index contributed by atoms with van der Waals surface area (Å²) >= 11 is 6.03. The van der Waals surface area contributed by atoms with Crippen molar-refractivity contribution in [2.45, 2.75) is 38.1 Å². The van der Waals surface area contributed by atoms with Gasteiger partial charge in [0.1, 0.15) is 5.75 Å². The van der Waals surface area contributed by atoms with Gasteiger partial charge in [-0.25, -0.2) is 0 Å². The molecule has 0 fully saturated rings. The number of ether oxygens (including phenoxy) is 1. The third kappa shape index (κ3) is 3.37. The van der Waals surface area contributed by atoms with Crippen molar-refractivity contribution in [1.82, 2.24) is 0 Å². The van der Waals surface area contributed by atoms with E-state index in [2.05, 4.69) is 39.0 Å². The zero-order chi connectivity index (χ0) is 21.5. The molecule has 0 aliphatic carbocycles. The number of amides is 1. The minimum atomic E-state index is -0.389. The molecular weight excluding hydrogens is 394 g/mol. The number of carbonyl (C=O) groups is 1. The Morgan fingerprint density at radius 2 is 1.57 bits per heavy atom. The number of methoxy groups -OCH3 is 1. The third-order valence-corrected chi connectivity index (χ3v) is 6.40. The van der Waals surface area contributed by atoms with Gasteiger partial charge in [0.15, 0.2) is 0 Å². The first-order valence-corrected chi connectivity index (χ1v) is 10.5. The van der Waals surface area contributed by atoms with Gasteiger partial charge in [-0.05, 0) is 73.9 Å². The molecular formula is C26H26ClNO2. The molecule has 3 aromatic carbocycles. The summed E-state index contributed by atoms with van der Waals surface area (Å²) < 4.78 is 5.34. The maximum atomic E-state index is 13.6. The lowest BCUT2D eigenvalue weighted by molar-refractivity contribution is 0.0948. The predicted octanol–water partition coefficient (Wildman–Crippen LogP) is 6.48. The first-order valence-electron chi connectivity index (χ1n) is 10.1. The van der Waals surface area contributed by atoms with Crippen LogP contribution in [0.4, 0.5) is 5.69 Å². The molecule has 1 heterocycles. The van der Waals surface area contributed by atoms with E-state index < -0.39 is 0 Å². The Balaban J connectivity index is 1.85. The second-order valence-corrected chi connectivity index (χ2v) is 9.15. The molecule has 1 unspecified atom stereocenters. The Kier molecular flexibility index (Phi) is 5.11. The molecule has 0 aromatic heterocycles. The number of carbonyl (C=O) groups excluding carboxylic acids is 1. The van der Waals surface area contributed by atoms with Crippen LogP contribution in [0, 0.1) is 0 Å². The Labute approximate surface area is 183 Å². The SMILES string of the molecule is COc1ccc(C2(C)CC(C)(C)N(C(=O)c3ccc(Cl)cc3)c3ccccc32)cc1. The van der Waals surface area contributed by atoms with E-state index in [0.29, 0.717) is 10.6 Å². The number of fused-ring (bicyclic) bond motifs is 1. The van der Waals surface area contributed by atoms with Crippen molar-refractivity contribution in [3.8, 4) is 5.75 Å². The zero-order valence-electron chi connectivity index (χ0n) is 17.8. The number of rotatable bonds is 3. The first-order chi connectivity index (χ1) is 14.3. The van der Waals surface area contributed by atoms with Crippen LogP contribution in [0.3, 0.4) is 0 Å². The molecule has 1 aliphatic heterocycles. The molecule has 154 valence electrons. The van der Waals surface area contributed by atoms with Crippen LogP contribution in [-0.2, 0) is 5.41 Å². The van der Waals surface area contributed by atoms with Gasteiger partial charge < -0.3 is 9.64 Å². The van der Waals surface area contributed by atoms with Gasteiger partial charge in [0.05, 0.1) is 7.11 Å². The first kappa shape index (κ1) is 20.5. The zero-order valence-corrected chi connectivity index (χ0v) is 18.5. The fourth-order valence-electron chi connectivity index (χ4n) is 4.82. The van der Waals surface area contributed by atoms with Gasteiger partial charge in [0, 0.05) is 27.2 Å². The van der Waals surface area contributed by atoms with Crippen LogP contribution in [0.1, 0.15) is 48.7 Å². The van der Waals surface area contributed by atoms with Gasteiger partial charge in [-0.15, -0.1) is 0 Å². The number of hydrogen-bond acceptors (Lipinski definition) is 2. The maximum Gasteiger partial charge on any atom is 0.258 e. The molecule has 30 heavy (non-hydrogen) atoms. The molecule has 1 atom stereocenters. The molecule has 0 bridgehead atoms. The molecule has 4 rings (SSSR count). The monoisotopic (exact) mass is 419 g/mol. The number of benzene rings is 3. The largest absolute Gasteiger partial charge is 0.497 e. The number of hydrogen-bond donors (Lipinski definition) is 0. The van der Waals surface area contributed by atoms with Crippen molar-refractivity contribution >= 4 is 23.2 Å². The smallest absolute Gasteiger partial charge is 0.258 e. The topological polar surface area (TPSA) is 29.5 Å². The number of halogens is 1. The fraction of sp³-hybridized carbons (Fsp3) is 0.269. The van der Waals surface area contributed by atoms with Crippen molar-refractivity contribution in [3.05, 3.63) is 94.5 Å². The molecule has 3 nitrogen and oxygen atoms in total. The molecule has 0 saturated heterocycles. The van der Waals surface area contributed by atoms with Crippen molar-refractivity contribution < 1.29 is 9.53 Å². The summed E-state index contributed by atoms with van der Waals surface area (Å²) in [5.41, 5.74) is 3.32. The summed E-state index contributed by atoms with van der Waals surface area (Å²) in [5, 5.41) is 0.622. The average Bonchev–Trinajstić information content (AvgIpc) is 2.73. The predicted molar refractivity (Wildman–Crippen MR) is 123 cm³/mol. The van der Waals surface area contributed by atoms with Crippen molar-refractivity contribution in [2.24, 2.45) is 0 Å². The molecule has 3 aromatic rings. The summed E-state index contributed by atoms with van der Waals surface area (Å²) in [5.74, 6) is 0.825. The van der Waals surface area contributed by atoms with E-state index in [-0.39, 0.29) is 16.9 Å². The Bertz CT molecular complexity index is 1070. The second kappa shape index (κ2) is 7.48. The molecule has 1 aliphatic rings. The molecule has 0 saturated carbocycles. The van der Waals surface area contributed by atoms with E-state index >= 15 is 0 Å². The minimum absolute atomic E-state index is 0.0131. The van der Waals surface area contributed by atoms with Crippen LogP contribution in [0.15, 0.2) is 72.8 Å². The summed E-state index contributed by atoms with van der Waals surface area (Å²) in [6, 6.07) is 23.6. The number of anilines is 1. The summed E-state index contributed by atoms with van der Waals surface area (Å²) in [6.07, 6.45) is 0.794. The molecule has 4 heteroatoms. The highest BCUT2D eigenvalue weighted by atomic mass is 35.5. The van der Waals surface area contributed by atoms with Gasteiger partial charge in [-0.3, -0.25) is 4.79 Å². The van der Waals surface area contributed by atoms with Gasteiger partial charge in [-0.2, -0.15) is 0 Å². The van der Waals surface area contributed by atoms with Crippen molar-refractivity contribution in [1.29, 1.82) is 0 Å². The second-order valence-electron chi connectivity index (χ2n) is 8.71. The van der Waals surface area contributed by atoms with Gasteiger partial charge in [0.2, 0.25) is 0 Å². The van der Waals surface area contributed by atoms with E-state index in [9.17, 15) is 4.79 Å². The molecule has 1 amide bonds. The highest BCUT2D eigenvalue weighted by Crippen LogP contribution is 2.50. The third-order valence-electron chi connectivity index (χ3n) is 6.15. The van der Waals surface area contributed by atoms with Crippen LogP contribution in [-0.4, -0.2) is 18.6 Å². The van der Waals surface area contributed by atoms with E-state index in [1.54, 1.807) is 31.4 Å². The summed E-state index contributed by atoms with van der Waals surface area (Å²) in [7, 11) is 1.68. The van der Waals surface area contributed by atoms with Crippen LogP contribution in [0.2, 0.25) is 5.02 Å². The summed E-state index contributed by atoms with van der Waals surface area (Å²) in [4.78, 5) is 15.5. The fourth-order valence-corrected chi connectivity index (χ4v) is 4.95. The van der Waals surface area contributed by atoms with E-state index in [4.69, 9.17) is 16.3 Å². The number of para-hydroxylation sites is 1. The highest BCUT2D eigenvalue weighted by molar-refractivity contribution is 6.30. The Hall–Kier alpha value is -2.78. The lowest BCUT2D eigenvalue weighted by Gasteiger charge is -2.51. The van der Waals surface area contributed by atoms with E-state index in [1.807, 2.05) is 35.2 Å². The van der Waals surface area contributed by atoms with E-state index in [0.717, 1.165) is 23.4 Å². The Morgan fingerprint density at radius 1 is 0.933 bits per heavy atom.